The van der Waals surface area contributed by atoms with Gasteiger partial charge in [0.25, 0.3) is 6.43 Å². The first kappa shape index (κ1) is 11.1. The fourth-order valence-electron chi connectivity index (χ4n) is 1.35. The second-order valence-corrected chi connectivity index (χ2v) is 3.07. The molecule has 88 valence electrons. The maximum Gasteiger partial charge on any atom is 0.313 e. The van der Waals surface area contributed by atoms with Gasteiger partial charge in [-0.2, -0.15) is 5.10 Å². The third-order valence-corrected chi connectivity index (χ3v) is 2.06. The fraction of sp³-hybridized carbons (Fsp3) is 0.111. The maximum atomic E-state index is 12.6. The van der Waals surface area contributed by atoms with Gasteiger partial charge < -0.3 is 0 Å². The largest absolute Gasteiger partial charge is 0.313 e. The van der Waals surface area contributed by atoms with E-state index in [9.17, 15) is 18.9 Å². The van der Waals surface area contributed by atoms with Gasteiger partial charge in [0.2, 0.25) is 5.82 Å². The van der Waals surface area contributed by atoms with Crippen molar-refractivity contribution in [1.82, 2.24) is 14.8 Å². The van der Waals surface area contributed by atoms with Crippen LogP contribution in [0.2, 0.25) is 0 Å². The summed E-state index contributed by atoms with van der Waals surface area (Å²) in [4.78, 5) is 13.8. The lowest BCUT2D eigenvalue weighted by molar-refractivity contribution is -0.385. The number of halogens is 2. The molecule has 0 radical (unpaired) electrons. The number of hydrogen-bond donors (Lipinski definition) is 0. The van der Waals surface area contributed by atoms with Crippen molar-refractivity contribution in [3.05, 3.63) is 46.4 Å². The molecule has 0 unspecified atom stereocenters. The summed E-state index contributed by atoms with van der Waals surface area (Å²) in [6, 6.07) is 3.62. The molecule has 0 aliphatic heterocycles. The van der Waals surface area contributed by atoms with Crippen molar-refractivity contribution in [2.75, 3.05) is 0 Å². The Bertz CT molecular complexity index is 555. The van der Waals surface area contributed by atoms with Gasteiger partial charge in [0.1, 0.15) is 5.69 Å². The van der Waals surface area contributed by atoms with Crippen LogP contribution in [0.5, 0.6) is 0 Å². The van der Waals surface area contributed by atoms with Gasteiger partial charge in [0.05, 0.1) is 4.92 Å². The van der Waals surface area contributed by atoms with Gasteiger partial charge >= 0.3 is 5.69 Å². The van der Waals surface area contributed by atoms with Crippen LogP contribution >= 0.6 is 0 Å². The van der Waals surface area contributed by atoms with Crippen LogP contribution in [0.1, 0.15) is 12.1 Å². The highest BCUT2D eigenvalue weighted by atomic mass is 19.3. The van der Waals surface area contributed by atoms with Gasteiger partial charge in [-0.15, -0.1) is 0 Å². The van der Waals surface area contributed by atoms with Gasteiger partial charge in [-0.1, -0.05) is 0 Å². The quantitative estimate of drug-likeness (QED) is 0.608. The molecule has 0 spiro atoms. The number of hydrogen-bond acceptors (Lipinski definition) is 4. The molecule has 8 heteroatoms. The molecule has 0 amide bonds. The Kier molecular flexibility index (Phi) is 2.77. The van der Waals surface area contributed by atoms with Crippen molar-refractivity contribution < 1.29 is 13.7 Å². The van der Waals surface area contributed by atoms with Crippen molar-refractivity contribution in [3.8, 4) is 5.82 Å². The predicted molar refractivity (Wildman–Crippen MR) is 53.0 cm³/mol. The van der Waals surface area contributed by atoms with Crippen LogP contribution in [0.3, 0.4) is 0 Å². The second-order valence-electron chi connectivity index (χ2n) is 3.07. The van der Waals surface area contributed by atoms with E-state index in [1.807, 2.05) is 0 Å². The van der Waals surface area contributed by atoms with E-state index in [4.69, 9.17) is 0 Å². The first-order valence-corrected chi connectivity index (χ1v) is 4.53. The lowest BCUT2D eigenvalue weighted by atomic mass is 10.3. The number of nitro groups is 1. The number of alkyl halides is 2. The maximum absolute atomic E-state index is 12.6. The predicted octanol–water partition coefficient (Wildman–Crippen LogP) is 2.11. The number of nitrogens with zero attached hydrogens (tertiary/aromatic N) is 4. The highest BCUT2D eigenvalue weighted by Gasteiger charge is 2.22. The molecule has 0 saturated heterocycles. The molecule has 2 aromatic heterocycles. The van der Waals surface area contributed by atoms with Gasteiger partial charge in [0, 0.05) is 18.5 Å². The first-order chi connectivity index (χ1) is 8.11. The third-order valence-electron chi connectivity index (χ3n) is 2.06. The first-order valence-electron chi connectivity index (χ1n) is 4.53. The second kappa shape index (κ2) is 4.24. The van der Waals surface area contributed by atoms with Crippen LogP contribution in [-0.4, -0.2) is 19.7 Å². The Labute approximate surface area is 93.7 Å². The number of aromatic nitrogens is 3. The molecule has 2 heterocycles. The van der Waals surface area contributed by atoms with E-state index < -0.39 is 17.0 Å². The number of pyridine rings is 1. The standard InChI is InChI=1S/C9H6F2N4O2/c10-8(11)6-3-5-13-14(6)9-7(15(16)17)2-1-4-12-9/h1-5,8H. The van der Waals surface area contributed by atoms with Crippen molar-refractivity contribution in [2.45, 2.75) is 6.43 Å². The molecule has 0 aliphatic carbocycles. The summed E-state index contributed by atoms with van der Waals surface area (Å²) in [5.41, 5.74) is -0.815. The van der Waals surface area contributed by atoms with Gasteiger partial charge in [-0.05, 0) is 12.1 Å². The van der Waals surface area contributed by atoms with Crippen molar-refractivity contribution >= 4 is 5.69 Å². The summed E-state index contributed by atoms with van der Waals surface area (Å²) in [5, 5.41) is 14.4. The third kappa shape index (κ3) is 1.96. The Morgan fingerprint density at radius 1 is 1.35 bits per heavy atom. The van der Waals surface area contributed by atoms with Crippen LogP contribution in [0.15, 0.2) is 30.6 Å². The minimum atomic E-state index is -2.78. The zero-order chi connectivity index (χ0) is 12.4. The Morgan fingerprint density at radius 3 is 2.76 bits per heavy atom. The Hall–Kier alpha value is -2.38. The number of rotatable bonds is 3. The van der Waals surface area contributed by atoms with E-state index in [1.165, 1.54) is 18.3 Å². The SMILES string of the molecule is O=[N+]([O-])c1cccnc1-n1nccc1C(F)F. The van der Waals surface area contributed by atoms with E-state index in [-0.39, 0.29) is 11.5 Å². The molecular weight excluding hydrogens is 234 g/mol. The minimum Gasteiger partial charge on any atom is -0.258 e. The molecule has 0 saturated carbocycles. The van der Waals surface area contributed by atoms with E-state index in [1.54, 1.807) is 0 Å². The Balaban J connectivity index is 2.60. The molecule has 17 heavy (non-hydrogen) atoms. The summed E-state index contributed by atoms with van der Waals surface area (Å²) < 4.78 is 26.0. The summed E-state index contributed by atoms with van der Waals surface area (Å²) in [6.45, 7) is 0. The van der Waals surface area contributed by atoms with Crippen LogP contribution in [0.25, 0.3) is 5.82 Å². The highest BCUT2D eigenvalue weighted by molar-refractivity contribution is 5.46. The van der Waals surface area contributed by atoms with E-state index >= 15 is 0 Å². The molecule has 2 aromatic rings. The summed E-state index contributed by atoms with van der Waals surface area (Å²) in [5.74, 6) is -0.224. The van der Waals surface area contributed by atoms with Crippen molar-refractivity contribution in [2.24, 2.45) is 0 Å². The van der Waals surface area contributed by atoms with Crippen LogP contribution < -0.4 is 0 Å². The molecular formula is C9H6F2N4O2. The molecule has 6 nitrogen and oxygen atoms in total. The van der Waals surface area contributed by atoms with E-state index in [2.05, 4.69) is 10.1 Å². The molecule has 0 N–H and O–H groups in total. The average Bonchev–Trinajstić information content (AvgIpc) is 2.77. The molecule has 2 rings (SSSR count). The van der Waals surface area contributed by atoms with Crippen LogP contribution in [0.4, 0.5) is 14.5 Å². The summed E-state index contributed by atoms with van der Waals surface area (Å²) in [7, 11) is 0. The lowest BCUT2D eigenvalue weighted by Crippen LogP contribution is -2.07. The van der Waals surface area contributed by atoms with E-state index in [0.29, 0.717) is 0 Å². The van der Waals surface area contributed by atoms with E-state index in [0.717, 1.165) is 16.9 Å². The molecule has 0 aliphatic rings. The van der Waals surface area contributed by atoms with Crippen molar-refractivity contribution in [3.63, 3.8) is 0 Å². The van der Waals surface area contributed by atoms with Crippen LogP contribution in [-0.2, 0) is 0 Å². The highest BCUT2D eigenvalue weighted by Crippen LogP contribution is 2.25. The molecule has 0 aromatic carbocycles. The van der Waals surface area contributed by atoms with Crippen molar-refractivity contribution in [1.29, 1.82) is 0 Å². The average molecular weight is 240 g/mol. The lowest BCUT2D eigenvalue weighted by Gasteiger charge is -2.05. The normalized spacial score (nSPS) is 10.8. The summed E-state index contributed by atoms with van der Waals surface area (Å²) >= 11 is 0. The van der Waals surface area contributed by atoms with Gasteiger partial charge in [0.15, 0.2) is 0 Å². The molecule has 0 atom stereocenters. The van der Waals surface area contributed by atoms with Gasteiger partial charge in [-0.3, -0.25) is 10.1 Å². The zero-order valence-electron chi connectivity index (χ0n) is 8.33. The van der Waals surface area contributed by atoms with Crippen LogP contribution in [0, 0.1) is 10.1 Å². The molecule has 0 bridgehead atoms. The summed E-state index contributed by atoms with van der Waals surface area (Å²) in [6.07, 6.45) is -0.363. The monoisotopic (exact) mass is 240 g/mol. The topological polar surface area (TPSA) is 73.8 Å². The zero-order valence-corrected chi connectivity index (χ0v) is 8.33. The van der Waals surface area contributed by atoms with Gasteiger partial charge in [-0.25, -0.2) is 18.4 Å². The Morgan fingerprint density at radius 2 is 2.12 bits per heavy atom. The minimum absolute atomic E-state index is 0.224. The molecule has 0 fully saturated rings. The fourth-order valence-corrected chi connectivity index (χ4v) is 1.35. The smallest absolute Gasteiger partial charge is 0.258 e.